The van der Waals surface area contributed by atoms with E-state index in [-0.39, 0.29) is 25.5 Å². The van der Waals surface area contributed by atoms with Gasteiger partial charge in [-0.05, 0) is 81.8 Å². The van der Waals surface area contributed by atoms with E-state index < -0.39 is 59.4 Å². The van der Waals surface area contributed by atoms with Crippen molar-refractivity contribution in [3.8, 4) is 23.3 Å². The van der Waals surface area contributed by atoms with Gasteiger partial charge in [0.2, 0.25) is 12.6 Å². The maximum atomic E-state index is 14.2. The molecule has 12 nitrogen and oxygen atoms in total. The van der Waals surface area contributed by atoms with Crippen LogP contribution in [0.4, 0.5) is 5.69 Å². The van der Waals surface area contributed by atoms with Crippen molar-refractivity contribution in [2.45, 2.75) is 58.1 Å². The highest BCUT2D eigenvalue weighted by molar-refractivity contribution is 6.40. The van der Waals surface area contributed by atoms with E-state index in [2.05, 4.69) is 17.2 Å². The van der Waals surface area contributed by atoms with Gasteiger partial charge in [-0.3, -0.25) is 24.0 Å². The molecule has 1 aromatic heterocycles. The van der Waals surface area contributed by atoms with Crippen molar-refractivity contribution in [2.24, 2.45) is 5.92 Å². The summed E-state index contributed by atoms with van der Waals surface area (Å²) < 4.78 is 22.5. The Kier molecular flexibility index (Phi) is 12.0. The largest absolute Gasteiger partial charge is 0.481 e. The number of para-hydroxylation sites is 1. The number of ketones is 1. The molecule has 0 fully saturated rings. The monoisotopic (exact) mass is 720 g/mol. The topological polar surface area (TPSA) is 162 Å². The van der Waals surface area contributed by atoms with Gasteiger partial charge in [0.15, 0.2) is 17.3 Å². The van der Waals surface area contributed by atoms with E-state index in [1.54, 1.807) is 94.4 Å². The third kappa shape index (κ3) is 10.1. The number of anilines is 1. The number of fused-ring (bicyclic) bond motifs is 1. The first-order valence-corrected chi connectivity index (χ1v) is 17.0. The predicted molar refractivity (Wildman–Crippen MR) is 193 cm³/mol. The number of Topliss-reactive ketones (excluding diaryl/α,β-unsaturated/α-hetero) is 1. The fraction of sp³-hybridized carbons (Fsp3) is 0.293. The average molecular weight is 721 g/mol. The Labute approximate surface area is 307 Å². The van der Waals surface area contributed by atoms with Crippen LogP contribution in [-0.2, 0) is 30.3 Å². The number of rotatable bonds is 13. The Bertz CT molecular complexity index is 2020. The number of carbonyl (C=O) groups is 5. The number of ether oxygens (including phenoxy) is 3. The highest BCUT2D eigenvalue weighted by Crippen LogP contribution is 2.38. The summed E-state index contributed by atoms with van der Waals surface area (Å²) in [5.74, 6) is -0.424. The van der Waals surface area contributed by atoms with Crippen LogP contribution in [0.25, 0.3) is 0 Å². The van der Waals surface area contributed by atoms with E-state index in [1.807, 2.05) is 24.3 Å². The van der Waals surface area contributed by atoms with Crippen LogP contribution in [0, 0.1) is 17.8 Å². The fourth-order valence-corrected chi connectivity index (χ4v) is 5.74. The maximum absolute atomic E-state index is 14.2. The molecule has 274 valence electrons. The van der Waals surface area contributed by atoms with E-state index >= 15 is 0 Å². The number of carboxylic acids is 1. The molecule has 3 aromatic carbocycles. The number of nitrogens with one attached hydrogen (secondary N) is 1. The van der Waals surface area contributed by atoms with Crippen molar-refractivity contribution in [1.82, 2.24) is 4.90 Å². The number of nitrogens with zero attached hydrogens (tertiary/aromatic N) is 1. The van der Waals surface area contributed by atoms with Crippen molar-refractivity contribution in [3.63, 3.8) is 0 Å². The lowest BCUT2D eigenvalue weighted by Gasteiger charge is -2.34. The predicted octanol–water partition coefficient (Wildman–Crippen LogP) is 5.86. The summed E-state index contributed by atoms with van der Waals surface area (Å²) in [5, 5.41) is 12.4. The Balaban J connectivity index is 1.51. The molecule has 2 N–H and O–H groups in total. The molecule has 2 amide bonds. The molecule has 1 aliphatic rings. The third-order valence-electron chi connectivity index (χ3n) is 8.35. The molecule has 0 radical (unpaired) electrons. The Morgan fingerprint density at radius 3 is 2.26 bits per heavy atom. The summed E-state index contributed by atoms with van der Waals surface area (Å²) in [6.07, 6.45) is -0.794. The summed E-state index contributed by atoms with van der Waals surface area (Å²) in [6.45, 7) is 6.22. The minimum absolute atomic E-state index is 0.0287. The quantitative estimate of drug-likeness (QED) is 0.0741. The number of furan rings is 1. The smallest absolute Gasteiger partial charge is 0.318 e. The number of carboxylic acid groups (broad SMARTS) is 1. The molecule has 0 saturated carbocycles. The second kappa shape index (κ2) is 16.8. The molecule has 0 saturated heterocycles. The molecule has 53 heavy (non-hydrogen) atoms. The maximum Gasteiger partial charge on any atom is 0.318 e. The lowest BCUT2D eigenvalue weighted by molar-refractivity contribution is -0.167. The van der Waals surface area contributed by atoms with E-state index in [9.17, 15) is 29.1 Å². The summed E-state index contributed by atoms with van der Waals surface area (Å²) >= 11 is 0. The van der Waals surface area contributed by atoms with Crippen LogP contribution in [0.5, 0.6) is 11.5 Å². The van der Waals surface area contributed by atoms with Gasteiger partial charge in [-0.15, -0.1) is 0 Å². The van der Waals surface area contributed by atoms with E-state index in [0.717, 1.165) is 0 Å². The average Bonchev–Trinajstić information content (AvgIpc) is 3.80. The van der Waals surface area contributed by atoms with Crippen molar-refractivity contribution in [3.05, 3.63) is 114 Å². The van der Waals surface area contributed by atoms with Crippen LogP contribution in [-0.4, -0.2) is 64.5 Å². The van der Waals surface area contributed by atoms with Crippen molar-refractivity contribution < 1.29 is 47.7 Å². The lowest BCUT2D eigenvalue weighted by atomic mass is 9.86. The minimum Gasteiger partial charge on any atom is -0.481 e. The number of hydrogen-bond acceptors (Lipinski definition) is 9. The van der Waals surface area contributed by atoms with Gasteiger partial charge in [-0.2, -0.15) is 0 Å². The molecule has 0 bridgehead atoms. The molecule has 5 rings (SSSR count). The summed E-state index contributed by atoms with van der Waals surface area (Å²) in [6, 6.07) is 25.6. The highest BCUT2D eigenvalue weighted by Gasteiger charge is 2.41. The van der Waals surface area contributed by atoms with Crippen LogP contribution < -0.4 is 14.8 Å². The van der Waals surface area contributed by atoms with Gasteiger partial charge >= 0.3 is 11.9 Å². The zero-order valence-corrected chi connectivity index (χ0v) is 29.8. The zero-order chi connectivity index (χ0) is 38.1. The SMILES string of the molecule is C[C@@H]([C@@H](Cc1ccc(C(=O)Nc2ccccc2)o1)c1ccc2c(c1)OCO2)N(CC#Cc1ccccc1)C(=O)C(=O)C(CC(=O)O)C(=O)OC(C)(C)C. The number of hydrogen-bond donors (Lipinski definition) is 2. The first kappa shape index (κ1) is 37.9. The van der Waals surface area contributed by atoms with Gasteiger partial charge < -0.3 is 34.0 Å². The third-order valence-corrected chi connectivity index (χ3v) is 8.35. The second-order valence-corrected chi connectivity index (χ2v) is 13.4. The second-order valence-electron chi connectivity index (χ2n) is 13.4. The molecule has 2 heterocycles. The number of aliphatic carboxylic acids is 1. The van der Waals surface area contributed by atoms with Gasteiger partial charge in [0.1, 0.15) is 17.3 Å². The minimum atomic E-state index is -1.89. The molecule has 0 aliphatic carbocycles. The number of carbonyl (C=O) groups excluding carboxylic acids is 4. The van der Waals surface area contributed by atoms with Crippen molar-refractivity contribution in [2.75, 3.05) is 18.7 Å². The molecule has 3 atom stereocenters. The number of benzene rings is 3. The van der Waals surface area contributed by atoms with E-state index in [4.69, 9.17) is 18.6 Å². The van der Waals surface area contributed by atoms with Gasteiger partial charge in [0.05, 0.1) is 13.0 Å². The summed E-state index contributed by atoms with van der Waals surface area (Å²) in [4.78, 5) is 67.3. The molecule has 4 aromatic rings. The summed E-state index contributed by atoms with van der Waals surface area (Å²) in [5.41, 5.74) is 0.894. The Morgan fingerprint density at radius 2 is 1.58 bits per heavy atom. The van der Waals surface area contributed by atoms with Crippen LogP contribution in [0.2, 0.25) is 0 Å². The first-order valence-electron chi connectivity index (χ1n) is 17.0. The van der Waals surface area contributed by atoms with Crippen LogP contribution in [0.15, 0.2) is 95.4 Å². The van der Waals surface area contributed by atoms with Crippen LogP contribution in [0.1, 0.15) is 67.5 Å². The molecule has 1 aliphatic heterocycles. The van der Waals surface area contributed by atoms with Crippen molar-refractivity contribution in [1.29, 1.82) is 0 Å². The van der Waals surface area contributed by atoms with Crippen LogP contribution >= 0.6 is 0 Å². The van der Waals surface area contributed by atoms with Gasteiger partial charge in [0.25, 0.3) is 11.8 Å². The molecular formula is C41H40N2O10. The van der Waals surface area contributed by atoms with Gasteiger partial charge in [0, 0.05) is 29.6 Å². The summed E-state index contributed by atoms with van der Waals surface area (Å²) in [7, 11) is 0. The molecular weight excluding hydrogens is 680 g/mol. The standard InChI is InChI=1S/C41H40N2O10/c1-26(43(21-11-14-27-12-7-5-8-13-27)39(48)37(46)32(24-36(44)45)40(49)53-41(2,3)4)31(28-17-19-33-35(22-28)51-25-50-33)23-30-18-20-34(52-30)38(47)42-29-15-9-6-10-16-29/h5-10,12-13,15-20,22,26,31-32H,21,23-25H2,1-4H3,(H,42,47)(H,44,45)/t26-,31+,32?/m0/s1. The van der Waals surface area contributed by atoms with Crippen LogP contribution in [0.3, 0.4) is 0 Å². The highest BCUT2D eigenvalue weighted by atomic mass is 16.7. The fourth-order valence-electron chi connectivity index (χ4n) is 5.74. The Hall–Kier alpha value is -6.35. The normalized spacial score (nSPS) is 13.4. The number of amides is 2. The van der Waals surface area contributed by atoms with E-state index in [0.29, 0.717) is 34.1 Å². The van der Waals surface area contributed by atoms with Gasteiger partial charge in [-0.1, -0.05) is 54.3 Å². The molecule has 1 unspecified atom stereocenters. The van der Waals surface area contributed by atoms with Gasteiger partial charge in [-0.25, -0.2) is 0 Å². The van der Waals surface area contributed by atoms with E-state index in [1.165, 1.54) is 4.90 Å². The number of esters is 1. The molecule has 0 spiro atoms. The lowest BCUT2D eigenvalue weighted by Crippen LogP contribution is -2.49. The Morgan fingerprint density at radius 1 is 0.906 bits per heavy atom. The zero-order valence-electron chi connectivity index (χ0n) is 29.8. The van der Waals surface area contributed by atoms with Crippen molar-refractivity contribution >= 4 is 35.2 Å². The molecule has 12 heteroatoms. The first-order chi connectivity index (χ1) is 25.3.